The molecule has 0 amide bonds. The number of hydrogen-bond donors (Lipinski definition) is 2. The second-order valence-electron chi connectivity index (χ2n) is 8.56. The van der Waals surface area contributed by atoms with E-state index in [1.807, 2.05) is 30.8 Å². The normalized spacial score (nSPS) is 21.4. The van der Waals surface area contributed by atoms with Gasteiger partial charge in [0.25, 0.3) is 0 Å². The number of ether oxygens (including phenoxy) is 1. The number of nitrogens with one attached hydrogen (secondary N) is 1. The molecule has 1 saturated heterocycles. The first-order chi connectivity index (χ1) is 13.2. The molecule has 1 fully saturated rings. The molecule has 28 heavy (non-hydrogen) atoms. The van der Waals surface area contributed by atoms with Crippen LogP contribution in [0.5, 0.6) is 5.88 Å². The standard InChI is InChI=1S/C20H27N5O2S/c1-11(12-6-16(26)21-8-12)27-18-17-14(23-10-25(17)5)7-13(24-18)15-9-22-19(28-15)20(2,3)4/h7,9-12,16,21,26H,6,8H2,1-5H3. The van der Waals surface area contributed by atoms with E-state index in [0.717, 1.165) is 33.2 Å². The van der Waals surface area contributed by atoms with Crippen molar-refractivity contribution in [2.45, 2.75) is 51.9 Å². The summed E-state index contributed by atoms with van der Waals surface area (Å²) in [6.45, 7) is 9.24. The summed E-state index contributed by atoms with van der Waals surface area (Å²) < 4.78 is 8.23. The van der Waals surface area contributed by atoms with Crippen molar-refractivity contribution in [2.75, 3.05) is 6.54 Å². The van der Waals surface area contributed by atoms with E-state index in [-0.39, 0.29) is 17.4 Å². The van der Waals surface area contributed by atoms with E-state index >= 15 is 0 Å². The van der Waals surface area contributed by atoms with Crippen LogP contribution in [-0.2, 0) is 12.5 Å². The van der Waals surface area contributed by atoms with Crippen LogP contribution in [0.25, 0.3) is 21.6 Å². The molecular formula is C20H27N5O2S. The van der Waals surface area contributed by atoms with Gasteiger partial charge in [-0.2, -0.15) is 0 Å². The molecular weight excluding hydrogens is 374 g/mol. The van der Waals surface area contributed by atoms with E-state index in [1.54, 1.807) is 17.7 Å². The van der Waals surface area contributed by atoms with Gasteiger partial charge in [0.05, 0.1) is 27.4 Å². The fourth-order valence-electron chi connectivity index (χ4n) is 3.46. The summed E-state index contributed by atoms with van der Waals surface area (Å²) in [5, 5.41) is 13.9. The van der Waals surface area contributed by atoms with Crippen molar-refractivity contribution in [3.63, 3.8) is 0 Å². The average Bonchev–Trinajstić information content (AvgIpc) is 3.34. The van der Waals surface area contributed by atoms with E-state index in [4.69, 9.17) is 9.72 Å². The summed E-state index contributed by atoms with van der Waals surface area (Å²) in [7, 11) is 1.94. The lowest BCUT2D eigenvalue weighted by molar-refractivity contribution is 0.125. The van der Waals surface area contributed by atoms with Crippen LogP contribution in [0.4, 0.5) is 0 Å². The first-order valence-corrected chi connectivity index (χ1v) is 10.4. The first-order valence-electron chi connectivity index (χ1n) is 9.59. The smallest absolute Gasteiger partial charge is 0.241 e. The van der Waals surface area contributed by atoms with Crippen LogP contribution in [0.2, 0.25) is 0 Å². The van der Waals surface area contributed by atoms with Crippen molar-refractivity contribution < 1.29 is 9.84 Å². The summed E-state index contributed by atoms with van der Waals surface area (Å²) in [5.74, 6) is 0.812. The minimum atomic E-state index is -0.458. The molecule has 3 unspecified atom stereocenters. The molecule has 4 heterocycles. The molecule has 0 spiro atoms. The fraction of sp³-hybridized carbons (Fsp3) is 0.550. The Hall–Kier alpha value is -2.03. The lowest BCUT2D eigenvalue weighted by atomic mass is 9.98. The number of nitrogens with zero attached hydrogens (tertiary/aromatic N) is 4. The zero-order valence-electron chi connectivity index (χ0n) is 16.9. The molecule has 7 nitrogen and oxygen atoms in total. The molecule has 0 saturated carbocycles. The highest BCUT2D eigenvalue weighted by Gasteiger charge is 2.29. The SMILES string of the molecule is CC(Oc1nc(-c2cnc(C(C)(C)C)s2)cc2ncn(C)c12)C1CNC(O)C1. The minimum Gasteiger partial charge on any atom is -0.473 e. The Morgan fingerprint density at radius 1 is 1.36 bits per heavy atom. The number of thiazole rings is 1. The maximum Gasteiger partial charge on any atom is 0.241 e. The van der Waals surface area contributed by atoms with Gasteiger partial charge in [-0.05, 0) is 19.4 Å². The van der Waals surface area contributed by atoms with Gasteiger partial charge in [0, 0.05) is 31.1 Å². The molecule has 8 heteroatoms. The molecule has 0 radical (unpaired) electrons. The number of hydrogen-bond acceptors (Lipinski definition) is 7. The van der Waals surface area contributed by atoms with Gasteiger partial charge in [0.1, 0.15) is 17.8 Å². The third-order valence-electron chi connectivity index (χ3n) is 5.17. The predicted molar refractivity (Wildman–Crippen MR) is 111 cm³/mol. The van der Waals surface area contributed by atoms with E-state index in [2.05, 4.69) is 36.1 Å². The second kappa shape index (κ2) is 7.09. The molecule has 3 aromatic heterocycles. The molecule has 1 aliphatic rings. The van der Waals surface area contributed by atoms with Gasteiger partial charge in [-0.25, -0.2) is 15.0 Å². The van der Waals surface area contributed by atoms with Crippen LogP contribution in [0.15, 0.2) is 18.6 Å². The monoisotopic (exact) mass is 401 g/mol. The number of imidazole rings is 1. The number of aliphatic hydroxyl groups is 1. The van der Waals surface area contributed by atoms with Crippen molar-refractivity contribution >= 4 is 22.4 Å². The Morgan fingerprint density at radius 2 is 2.14 bits per heavy atom. The Balaban J connectivity index is 1.71. The van der Waals surface area contributed by atoms with Crippen LogP contribution in [0, 0.1) is 5.92 Å². The van der Waals surface area contributed by atoms with Crippen molar-refractivity contribution in [1.29, 1.82) is 0 Å². The predicted octanol–water partition coefficient (Wildman–Crippen LogP) is 3.08. The van der Waals surface area contributed by atoms with Crippen molar-refractivity contribution in [2.24, 2.45) is 13.0 Å². The number of rotatable bonds is 4. The molecule has 3 aromatic rings. The van der Waals surface area contributed by atoms with Gasteiger partial charge in [0.15, 0.2) is 0 Å². The first kappa shape index (κ1) is 19.3. The number of aliphatic hydroxyl groups excluding tert-OH is 1. The zero-order chi connectivity index (χ0) is 20.1. The van der Waals surface area contributed by atoms with Gasteiger partial charge >= 0.3 is 0 Å². The highest BCUT2D eigenvalue weighted by Crippen LogP contribution is 2.35. The lowest BCUT2D eigenvalue weighted by Crippen LogP contribution is -2.26. The Kier molecular flexibility index (Phi) is 4.89. The van der Waals surface area contributed by atoms with Crippen molar-refractivity contribution in [3.05, 3.63) is 23.6 Å². The van der Waals surface area contributed by atoms with Crippen molar-refractivity contribution in [3.8, 4) is 16.5 Å². The van der Waals surface area contributed by atoms with E-state index in [1.165, 1.54) is 0 Å². The highest BCUT2D eigenvalue weighted by molar-refractivity contribution is 7.15. The Morgan fingerprint density at radius 3 is 2.79 bits per heavy atom. The number of fused-ring (bicyclic) bond motifs is 1. The number of aryl methyl sites for hydroxylation is 1. The summed E-state index contributed by atoms with van der Waals surface area (Å²) in [4.78, 5) is 14.9. The van der Waals surface area contributed by atoms with Crippen LogP contribution in [0.3, 0.4) is 0 Å². The molecule has 4 rings (SSSR count). The molecule has 2 N–H and O–H groups in total. The van der Waals surface area contributed by atoms with E-state index in [9.17, 15) is 5.11 Å². The molecule has 0 aliphatic carbocycles. The third kappa shape index (κ3) is 3.64. The van der Waals surface area contributed by atoms with Gasteiger partial charge in [-0.1, -0.05) is 20.8 Å². The molecule has 0 aromatic carbocycles. The van der Waals surface area contributed by atoms with Crippen LogP contribution >= 0.6 is 11.3 Å². The molecule has 150 valence electrons. The van der Waals surface area contributed by atoms with Gasteiger partial charge in [-0.15, -0.1) is 11.3 Å². The maximum absolute atomic E-state index is 9.76. The molecule has 0 bridgehead atoms. The topological polar surface area (TPSA) is 85.1 Å². The van der Waals surface area contributed by atoms with Crippen LogP contribution in [0.1, 0.15) is 39.1 Å². The van der Waals surface area contributed by atoms with E-state index in [0.29, 0.717) is 12.3 Å². The third-order valence-corrected chi connectivity index (χ3v) is 6.61. The summed E-state index contributed by atoms with van der Waals surface area (Å²) in [6, 6.07) is 1.99. The number of pyridine rings is 1. The lowest BCUT2D eigenvalue weighted by Gasteiger charge is -2.20. The summed E-state index contributed by atoms with van der Waals surface area (Å²) >= 11 is 1.65. The number of aromatic nitrogens is 4. The fourth-order valence-corrected chi connectivity index (χ4v) is 4.39. The Labute approximate surface area is 168 Å². The van der Waals surface area contributed by atoms with Crippen LogP contribution in [-0.4, -0.2) is 43.5 Å². The largest absolute Gasteiger partial charge is 0.473 e. The minimum absolute atomic E-state index is 0.00215. The van der Waals surface area contributed by atoms with Crippen molar-refractivity contribution in [1.82, 2.24) is 24.8 Å². The second-order valence-corrected chi connectivity index (χ2v) is 9.59. The molecule has 1 aliphatic heterocycles. The maximum atomic E-state index is 9.76. The zero-order valence-corrected chi connectivity index (χ0v) is 17.7. The average molecular weight is 402 g/mol. The molecule has 3 atom stereocenters. The van der Waals surface area contributed by atoms with Gasteiger partial charge in [0.2, 0.25) is 5.88 Å². The van der Waals surface area contributed by atoms with Gasteiger partial charge in [-0.3, -0.25) is 5.32 Å². The quantitative estimate of drug-likeness (QED) is 0.699. The van der Waals surface area contributed by atoms with Crippen LogP contribution < -0.4 is 10.1 Å². The Bertz CT molecular complexity index is 990. The summed E-state index contributed by atoms with van der Waals surface area (Å²) in [5.41, 5.74) is 2.56. The van der Waals surface area contributed by atoms with Gasteiger partial charge < -0.3 is 14.4 Å². The summed E-state index contributed by atoms with van der Waals surface area (Å²) in [6.07, 6.45) is 3.81. The van der Waals surface area contributed by atoms with E-state index < -0.39 is 6.23 Å². The highest BCUT2D eigenvalue weighted by atomic mass is 32.1.